The molecule has 0 spiro atoms. The predicted octanol–water partition coefficient (Wildman–Crippen LogP) is 1.36. The van der Waals surface area contributed by atoms with E-state index in [0.717, 1.165) is 19.5 Å². The fourth-order valence-corrected chi connectivity index (χ4v) is 2.32. The monoisotopic (exact) mass is 236 g/mol. The minimum Gasteiger partial charge on any atom is -0.384 e. The van der Waals surface area contributed by atoms with Gasteiger partial charge in [-0.15, -0.1) is 0 Å². The molecule has 5 heteroatoms. The van der Waals surface area contributed by atoms with Crippen molar-refractivity contribution >= 4 is 11.7 Å². The Bertz CT molecular complexity index is 413. The fraction of sp³-hybridized carbons (Fsp3) is 0.667. The Morgan fingerprint density at radius 3 is 3.00 bits per heavy atom. The number of carbonyl (C=O) groups is 1. The third kappa shape index (κ3) is 2.43. The van der Waals surface area contributed by atoms with Crippen LogP contribution in [0.1, 0.15) is 37.2 Å². The first kappa shape index (κ1) is 12.0. The van der Waals surface area contributed by atoms with Gasteiger partial charge < -0.3 is 10.6 Å². The molecule has 1 atom stereocenters. The molecule has 1 fully saturated rings. The Morgan fingerprint density at radius 2 is 2.41 bits per heavy atom. The van der Waals surface area contributed by atoms with Gasteiger partial charge in [-0.25, -0.2) is 4.68 Å². The van der Waals surface area contributed by atoms with Crippen LogP contribution in [-0.4, -0.2) is 33.7 Å². The molecule has 2 N–H and O–H groups in total. The zero-order valence-corrected chi connectivity index (χ0v) is 10.5. The molecule has 0 aromatic carbocycles. The predicted molar refractivity (Wildman–Crippen MR) is 66.6 cm³/mol. The molecule has 2 rings (SSSR count). The van der Waals surface area contributed by atoms with Crippen LogP contribution in [0.3, 0.4) is 0 Å². The number of piperidine rings is 1. The zero-order valence-electron chi connectivity index (χ0n) is 10.5. The smallest absolute Gasteiger partial charge is 0.274 e. The van der Waals surface area contributed by atoms with Gasteiger partial charge in [-0.3, -0.25) is 4.79 Å². The number of nitrogens with zero attached hydrogens (tertiary/aromatic N) is 3. The molecule has 1 saturated heterocycles. The molecule has 1 unspecified atom stereocenters. The van der Waals surface area contributed by atoms with Gasteiger partial charge in [0, 0.05) is 25.7 Å². The largest absolute Gasteiger partial charge is 0.384 e. The standard InChI is InChI=1S/C12H20N4O/c1-3-16-11(13)7-10(14-16)12(17)15-6-4-5-9(2)8-15/h7,9H,3-6,8,13H2,1-2H3. The summed E-state index contributed by atoms with van der Waals surface area (Å²) < 4.78 is 1.65. The average molecular weight is 236 g/mol. The van der Waals surface area contributed by atoms with Crippen molar-refractivity contribution in [1.82, 2.24) is 14.7 Å². The number of anilines is 1. The molecule has 0 saturated carbocycles. The first-order valence-corrected chi connectivity index (χ1v) is 6.24. The third-order valence-electron chi connectivity index (χ3n) is 3.27. The van der Waals surface area contributed by atoms with Crippen molar-refractivity contribution in [1.29, 1.82) is 0 Å². The lowest BCUT2D eigenvalue weighted by Gasteiger charge is -2.30. The van der Waals surface area contributed by atoms with Gasteiger partial charge in [-0.1, -0.05) is 6.92 Å². The van der Waals surface area contributed by atoms with Crippen molar-refractivity contribution in [2.24, 2.45) is 5.92 Å². The molecule has 0 bridgehead atoms. The Kier molecular flexibility index (Phi) is 3.36. The SMILES string of the molecule is CCn1nc(C(=O)N2CCCC(C)C2)cc1N. The normalized spacial score (nSPS) is 20.6. The molecule has 94 valence electrons. The third-order valence-corrected chi connectivity index (χ3v) is 3.27. The van der Waals surface area contributed by atoms with Gasteiger partial charge in [0.1, 0.15) is 5.82 Å². The molecule has 1 aromatic heterocycles. The second kappa shape index (κ2) is 4.77. The van der Waals surface area contributed by atoms with Crippen LogP contribution >= 0.6 is 0 Å². The second-order valence-electron chi connectivity index (χ2n) is 4.77. The Hall–Kier alpha value is -1.52. The number of likely N-dealkylation sites (tertiary alicyclic amines) is 1. The van der Waals surface area contributed by atoms with Crippen LogP contribution < -0.4 is 5.73 Å². The number of aryl methyl sites for hydroxylation is 1. The average Bonchev–Trinajstić information content (AvgIpc) is 2.69. The summed E-state index contributed by atoms with van der Waals surface area (Å²) in [6.45, 7) is 6.49. The van der Waals surface area contributed by atoms with Crippen molar-refractivity contribution in [2.75, 3.05) is 18.8 Å². The number of hydrogen-bond donors (Lipinski definition) is 1. The van der Waals surface area contributed by atoms with E-state index in [1.165, 1.54) is 6.42 Å². The molecule has 1 aromatic rings. The van der Waals surface area contributed by atoms with Gasteiger partial charge in [0.25, 0.3) is 5.91 Å². The summed E-state index contributed by atoms with van der Waals surface area (Å²) in [7, 11) is 0. The van der Waals surface area contributed by atoms with Crippen LogP contribution in [0.4, 0.5) is 5.82 Å². The van der Waals surface area contributed by atoms with Crippen LogP contribution in [0, 0.1) is 5.92 Å². The van der Waals surface area contributed by atoms with Gasteiger partial charge in [0.2, 0.25) is 0 Å². The van der Waals surface area contributed by atoms with Crippen molar-refractivity contribution in [2.45, 2.75) is 33.2 Å². The Morgan fingerprint density at radius 1 is 1.65 bits per heavy atom. The maximum Gasteiger partial charge on any atom is 0.274 e. The molecule has 0 radical (unpaired) electrons. The number of nitrogens with two attached hydrogens (primary N) is 1. The van der Waals surface area contributed by atoms with E-state index in [2.05, 4.69) is 12.0 Å². The lowest BCUT2D eigenvalue weighted by atomic mass is 10.00. The Labute approximate surface area is 102 Å². The minimum absolute atomic E-state index is 0.00968. The molecule has 2 heterocycles. The number of rotatable bonds is 2. The van der Waals surface area contributed by atoms with Gasteiger partial charge >= 0.3 is 0 Å². The Balaban J connectivity index is 2.13. The highest BCUT2D eigenvalue weighted by atomic mass is 16.2. The van der Waals surface area contributed by atoms with Gasteiger partial charge in [0.05, 0.1) is 0 Å². The summed E-state index contributed by atoms with van der Waals surface area (Å²) in [6.07, 6.45) is 2.28. The molecule has 17 heavy (non-hydrogen) atoms. The first-order chi connectivity index (χ1) is 8.11. The van der Waals surface area contributed by atoms with E-state index in [9.17, 15) is 4.79 Å². The van der Waals surface area contributed by atoms with E-state index in [-0.39, 0.29) is 5.91 Å². The number of nitrogen functional groups attached to an aromatic ring is 1. The van der Waals surface area contributed by atoms with Crippen LogP contribution in [0.5, 0.6) is 0 Å². The fourth-order valence-electron chi connectivity index (χ4n) is 2.32. The van der Waals surface area contributed by atoms with Gasteiger partial charge in [0.15, 0.2) is 5.69 Å². The molecule has 0 aliphatic carbocycles. The molecule has 5 nitrogen and oxygen atoms in total. The van der Waals surface area contributed by atoms with E-state index in [1.54, 1.807) is 10.7 Å². The number of hydrogen-bond acceptors (Lipinski definition) is 3. The van der Waals surface area contributed by atoms with Crippen LogP contribution in [-0.2, 0) is 6.54 Å². The highest BCUT2D eigenvalue weighted by molar-refractivity contribution is 5.93. The van der Waals surface area contributed by atoms with Gasteiger partial charge in [-0.05, 0) is 25.7 Å². The molecule has 1 aliphatic heterocycles. The van der Waals surface area contributed by atoms with E-state index < -0.39 is 0 Å². The first-order valence-electron chi connectivity index (χ1n) is 6.24. The quantitative estimate of drug-likeness (QED) is 0.843. The number of carbonyl (C=O) groups excluding carboxylic acids is 1. The van der Waals surface area contributed by atoms with Crippen molar-refractivity contribution in [3.63, 3.8) is 0 Å². The molecule has 1 aliphatic rings. The number of amides is 1. The summed E-state index contributed by atoms with van der Waals surface area (Å²) >= 11 is 0. The van der Waals surface area contributed by atoms with Crippen molar-refractivity contribution < 1.29 is 4.79 Å². The summed E-state index contributed by atoms with van der Waals surface area (Å²) in [4.78, 5) is 14.1. The van der Waals surface area contributed by atoms with Crippen molar-refractivity contribution in [3.05, 3.63) is 11.8 Å². The summed E-state index contributed by atoms with van der Waals surface area (Å²) in [5, 5.41) is 4.23. The van der Waals surface area contributed by atoms with E-state index >= 15 is 0 Å². The minimum atomic E-state index is 0.00968. The van der Waals surface area contributed by atoms with Gasteiger partial charge in [-0.2, -0.15) is 5.10 Å². The summed E-state index contributed by atoms with van der Waals surface area (Å²) in [5.74, 6) is 1.15. The second-order valence-corrected chi connectivity index (χ2v) is 4.77. The van der Waals surface area contributed by atoms with Crippen LogP contribution in [0.2, 0.25) is 0 Å². The lowest BCUT2D eigenvalue weighted by Crippen LogP contribution is -2.39. The number of aromatic nitrogens is 2. The maximum absolute atomic E-state index is 12.2. The summed E-state index contributed by atoms with van der Waals surface area (Å²) in [5.41, 5.74) is 6.25. The highest BCUT2D eigenvalue weighted by Gasteiger charge is 2.24. The van der Waals surface area contributed by atoms with Crippen molar-refractivity contribution in [3.8, 4) is 0 Å². The molecule has 1 amide bonds. The summed E-state index contributed by atoms with van der Waals surface area (Å²) in [6, 6.07) is 1.67. The van der Waals surface area contributed by atoms with Crippen LogP contribution in [0.15, 0.2) is 6.07 Å². The molecular weight excluding hydrogens is 216 g/mol. The van der Waals surface area contributed by atoms with Crippen LogP contribution in [0.25, 0.3) is 0 Å². The lowest BCUT2D eigenvalue weighted by molar-refractivity contribution is 0.0676. The maximum atomic E-state index is 12.2. The topological polar surface area (TPSA) is 64.2 Å². The molecular formula is C12H20N4O. The highest BCUT2D eigenvalue weighted by Crippen LogP contribution is 2.18. The zero-order chi connectivity index (χ0) is 12.4. The van der Waals surface area contributed by atoms with E-state index in [1.807, 2.05) is 11.8 Å². The van der Waals surface area contributed by atoms with E-state index in [4.69, 9.17) is 5.73 Å². The van der Waals surface area contributed by atoms with E-state index in [0.29, 0.717) is 24.0 Å².